The van der Waals surface area contributed by atoms with Gasteiger partial charge in [-0.05, 0) is 53.4 Å². The molecule has 6 heteroatoms. The Morgan fingerprint density at radius 3 is 2.59 bits per heavy atom. The minimum atomic E-state index is -0.293. The summed E-state index contributed by atoms with van der Waals surface area (Å²) in [5.74, 6) is 0.396. The van der Waals surface area contributed by atoms with Gasteiger partial charge in [0.2, 0.25) is 5.91 Å². The lowest BCUT2D eigenvalue weighted by Crippen LogP contribution is -2.30. The lowest BCUT2D eigenvalue weighted by atomic mass is 9.91. The van der Waals surface area contributed by atoms with Gasteiger partial charge in [-0.25, -0.2) is 0 Å². The van der Waals surface area contributed by atoms with Crippen molar-refractivity contribution >= 4 is 23.2 Å². The first-order valence-electron chi connectivity index (χ1n) is 9.21. The van der Waals surface area contributed by atoms with Crippen LogP contribution in [0.5, 0.6) is 5.75 Å². The second kappa shape index (κ2) is 9.04. The van der Waals surface area contributed by atoms with Crippen molar-refractivity contribution < 1.29 is 19.1 Å². The molecule has 1 aliphatic heterocycles. The van der Waals surface area contributed by atoms with Gasteiger partial charge in [0.25, 0.3) is 0 Å². The number of esters is 1. The highest BCUT2D eigenvalue weighted by molar-refractivity contribution is 7.08. The second-order valence-electron chi connectivity index (χ2n) is 6.67. The Bertz CT molecular complexity index is 757. The predicted molar refractivity (Wildman–Crippen MR) is 105 cm³/mol. The molecule has 1 aromatic heterocycles. The summed E-state index contributed by atoms with van der Waals surface area (Å²) in [6.07, 6.45) is 1.10. The average molecular weight is 388 g/mol. The number of thiophene rings is 1. The molecule has 0 spiro atoms. The van der Waals surface area contributed by atoms with Gasteiger partial charge in [0.1, 0.15) is 5.75 Å². The van der Waals surface area contributed by atoms with Crippen LogP contribution in [0.3, 0.4) is 0 Å². The number of hydrogen-bond acceptors (Lipinski definition) is 5. The summed E-state index contributed by atoms with van der Waals surface area (Å²) < 4.78 is 10.4. The quantitative estimate of drug-likeness (QED) is 0.683. The van der Waals surface area contributed by atoms with Crippen molar-refractivity contribution in [1.29, 1.82) is 0 Å². The van der Waals surface area contributed by atoms with E-state index in [1.54, 1.807) is 16.2 Å². The summed E-state index contributed by atoms with van der Waals surface area (Å²) in [6, 6.07) is 9.87. The maximum absolute atomic E-state index is 12.7. The smallest absolute Gasteiger partial charge is 0.311 e. The van der Waals surface area contributed by atoms with Crippen molar-refractivity contribution in [2.75, 3.05) is 26.8 Å². The number of amides is 1. The maximum Gasteiger partial charge on any atom is 0.311 e. The summed E-state index contributed by atoms with van der Waals surface area (Å²) in [7, 11) is 1.41. The van der Waals surface area contributed by atoms with Crippen LogP contribution in [0, 0.1) is 5.92 Å². The molecule has 1 saturated heterocycles. The zero-order valence-electron chi connectivity index (χ0n) is 15.7. The maximum atomic E-state index is 12.7. The molecule has 3 rings (SSSR count). The molecule has 1 fully saturated rings. The van der Waals surface area contributed by atoms with E-state index in [1.165, 1.54) is 7.11 Å². The summed E-state index contributed by atoms with van der Waals surface area (Å²) in [5.41, 5.74) is 2.21. The van der Waals surface area contributed by atoms with Gasteiger partial charge in [-0.1, -0.05) is 12.1 Å². The van der Waals surface area contributed by atoms with Gasteiger partial charge in [0, 0.05) is 25.4 Å². The third-order valence-electron chi connectivity index (χ3n) is 5.01. The van der Waals surface area contributed by atoms with Crippen molar-refractivity contribution in [2.24, 2.45) is 5.92 Å². The zero-order chi connectivity index (χ0) is 19.2. The fraction of sp³-hybridized carbons (Fsp3) is 0.429. The molecule has 0 aliphatic carbocycles. The number of carbonyl (C=O) groups excluding carboxylic acids is 2. The highest BCUT2D eigenvalue weighted by Crippen LogP contribution is 2.35. The summed E-state index contributed by atoms with van der Waals surface area (Å²) in [4.78, 5) is 26.7. The second-order valence-corrected chi connectivity index (χ2v) is 7.45. The molecule has 2 atom stereocenters. The molecule has 0 N–H and O–H groups in total. The number of benzene rings is 1. The average Bonchev–Trinajstić information content (AvgIpc) is 3.36. The third-order valence-corrected chi connectivity index (χ3v) is 5.71. The number of methoxy groups -OCH3 is 1. The Labute approximate surface area is 163 Å². The number of aryl methyl sites for hydroxylation is 1. The number of likely N-dealkylation sites (tertiary alicyclic amines) is 1. The van der Waals surface area contributed by atoms with Crippen molar-refractivity contribution in [3.8, 4) is 5.75 Å². The van der Waals surface area contributed by atoms with Gasteiger partial charge >= 0.3 is 5.97 Å². The molecule has 5 nitrogen and oxygen atoms in total. The minimum absolute atomic E-state index is 0.0122. The van der Waals surface area contributed by atoms with Gasteiger partial charge in [0.15, 0.2) is 0 Å². The molecule has 144 valence electrons. The molecule has 2 aromatic rings. The zero-order valence-corrected chi connectivity index (χ0v) is 16.5. The van der Waals surface area contributed by atoms with Crippen LogP contribution in [0.25, 0.3) is 0 Å². The fourth-order valence-corrected chi connectivity index (χ4v) is 4.27. The number of ether oxygens (including phenoxy) is 2. The molecule has 1 aliphatic rings. The molecule has 0 radical (unpaired) electrons. The molecule has 1 aromatic carbocycles. The summed E-state index contributed by atoms with van der Waals surface area (Å²) in [6.45, 7) is 3.58. The van der Waals surface area contributed by atoms with E-state index in [1.807, 2.05) is 42.6 Å². The van der Waals surface area contributed by atoms with Crippen molar-refractivity contribution in [1.82, 2.24) is 4.90 Å². The van der Waals surface area contributed by atoms with Crippen LogP contribution in [0.1, 0.15) is 30.4 Å². The van der Waals surface area contributed by atoms with Crippen LogP contribution in [0.15, 0.2) is 41.1 Å². The van der Waals surface area contributed by atoms with E-state index in [9.17, 15) is 9.59 Å². The van der Waals surface area contributed by atoms with Crippen molar-refractivity contribution in [3.05, 3.63) is 52.2 Å². The molecule has 0 unspecified atom stereocenters. The van der Waals surface area contributed by atoms with Crippen LogP contribution in [0.2, 0.25) is 0 Å². The standard InChI is InChI=1S/C21H25NO4S/c1-3-26-17-7-4-15(5-8-17)6-9-20(23)22-12-18(16-10-11-27-14-16)19(13-22)21(24)25-2/h4-5,7-8,10-11,14,18-19H,3,6,9,12-13H2,1-2H3/t18-,19-/m0/s1. The summed E-state index contributed by atoms with van der Waals surface area (Å²) in [5, 5.41) is 4.05. The Morgan fingerprint density at radius 2 is 1.96 bits per heavy atom. The molecule has 0 bridgehead atoms. The molecule has 1 amide bonds. The molecular formula is C21H25NO4S. The summed E-state index contributed by atoms with van der Waals surface area (Å²) >= 11 is 1.60. The topological polar surface area (TPSA) is 55.8 Å². The van der Waals surface area contributed by atoms with E-state index in [0.717, 1.165) is 16.9 Å². The Morgan fingerprint density at radius 1 is 1.19 bits per heavy atom. The van der Waals surface area contributed by atoms with Gasteiger partial charge in [0.05, 0.1) is 19.6 Å². The van der Waals surface area contributed by atoms with Crippen LogP contribution in [-0.2, 0) is 20.7 Å². The Kier molecular flexibility index (Phi) is 6.50. The largest absolute Gasteiger partial charge is 0.494 e. The first-order chi connectivity index (χ1) is 13.1. The third kappa shape index (κ3) is 4.69. The van der Waals surface area contributed by atoms with Gasteiger partial charge in [-0.2, -0.15) is 11.3 Å². The van der Waals surface area contributed by atoms with E-state index in [4.69, 9.17) is 9.47 Å². The number of hydrogen-bond donors (Lipinski definition) is 0. The fourth-order valence-electron chi connectivity index (χ4n) is 3.55. The van der Waals surface area contributed by atoms with E-state index < -0.39 is 0 Å². The van der Waals surface area contributed by atoms with Gasteiger partial charge < -0.3 is 14.4 Å². The van der Waals surface area contributed by atoms with Crippen molar-refractivity contribution in [2.45, 2.75) is 25.7 Å². The molecular weight excluding hydrogens is 362 g/mol. The van der Waals surface area contributed by atoms with E-state index in [-0.39, 0.29) is 23.7 Å². The van der Waals surface area contributed by atoms with Gasteiger partial charge in [-0.3, -0.25) is 9.59 Å². The molecule has 27 heavy (non-hydrogen) atoms. The van der Waals surface area contributed by atoms with E-state index in [2.05, 4.69) is 5.38 Å². The van der Waals surface area contributed by atoms with Crippen LogP contribution >= 0.6 is 11.3 Å². The Hall–Kier alpha value is -2.34. The minimum Gasteiger partial charge on any atom is -0.494 e. The first-order valence-corrected chi connectivity index (χ1v) is 10.2. The van der Waals surface area contributed by atoms with Crippen LogP contribution < -0.4 is 4.74 Å². The van der Waals surface area contributed by atoms with Crippen LogP contribution in [0.4, 0.5) is 0 Å². The highest BCUT2D eigenvalue weighted by Gasteiger charge is 2.40. The lowest BCUT2D eigenvalue weighted by Gasteiger charge is -2.16. The van der Waals surface area contributed by atoms with Crippen LogP contribution in [-0.4, -0.2) is 43.6 Å². The monoisotopic (exact) mass is 387 g/mol. The molecule has 0 saturated carbocycles. The number of nitrogens with zero attached hydrogens (tertiary/aromatic N) is 1. The lowest BCUT2D eigenvalue weighted by molar-refractivity contribution is -0.145. The normalized spacial score (nSPS) is 19.1. The SMILES string of the molecule is CCOc1ccc(CCC(=O)N2C[C@H](C(=O)OC)[C@H](c3ccsc3)C2)cc1. The number of carbonyl (C=O) groups is 2. The highest BCUT2D eigenvalue weighted by atomic mass is 32.1. The Balaban J connectivity index is 1.60. The predicted octanol–water partition coefficient (Wildman–Crippen LogP) is 3.49. The first kappa shape index (κ1) is 19.4. The molecule has 2 heterocycles. The number of rotatable bonds is 7. The van der Waals surface area contributed by atoms with E-state index in [0.29, 0.717) is 32.5 Å². The van der Waals surface area contributed by atoms with Crippen molar-refractivity contribution in [3.63, 3.8) is 0 Å². The van der Waals surface area contributed by atoms with E-state index >= 15 is 0 Å². The van der Waals surface area contributed by atoms with Gasteiger partial charge in [-0.15, -0.1) is 0 Å².